The molecule has 1 fully saturated rings. The van der Waals surface area contributed by atoms with Crippen molar-refractivity contribution in [2.75, 3.05) is 51.8 Å². The van der Waals surface area contributed by atoms with E-state index in [9.17, 15) is 19.2 Å². The monoisotopic (exact) mass is 483 g/mol. The average Bonchev–Trinajstić information content (AvgIpc) is 3.16. The molecule has 0 radical (unpaired) electrons. The van der Waals surface area contributed by atoms with Gasteiger partial charge in [-0.15, -0.1) is 0 Å². The van der Waals surface area contributed by atoms with Gasteiger partial charge >= 0.3 is 12.1 Å². The van der Waals surface area contributed by atoms with Gasteiger partial charge < -0.3 is 24.6 Å². The molecular formula is C20H26BrN3O6. The Hall–Kier alpha value is -2.62. The minimum absolute atomic E-state index is 0.0587. The number of hydrogen-bond acceptors (Lipinski definition) is 6. The van der Waals surface area contributed by atoms with E-state index in [0.29, 0.717) is 38.2 Å². The summed E-state index contributed by atoms with van der Waals surface area (Å²) in [5.41, 5.74) is 0.423. The van der Waals surface area contributed by atoms with Crippen LogP contribution in [0.15, 0.2) is 36.0 Å². The van der Waals surface area contributed by atoms with Gasteiger partial charge in [0.1, 0.15) is 6.61 Å². The summed E-state index contributed by atoms with van der Waals surface area (Å²) in [7, 11) is 1.32. The Kier molecular flexibility index (Phi) is 9.59. The topological polar surface area (TPSA) is 105 Å². The van der Waals surface area contributed by atoms with Gasteiger partial charge in [0.2, 0.25) is 11.8 Å². The minimum atomic E-state index is -0.441. The van der Waals surface area contributed by atoms with Crippen molar-refractivity contribution in [1.29, 1.82) is 0 Å². The fraction of sp³-hybridized carbons (Fsp3) is 0.500. The van der Waals surface area contributed by atoms with Crippen LogP contribution in [0.2, 0.25) is 0 Å². The third kappa shape index (κ3) is 7.33. The van der Waals surface area contributed by atoms with E-state index in [1.807, 2.05) is 6.08 Å². The smallest absolute Gasteiger partial charge is 0.409 e. The second-order valence-corrected chi connectivity index (χ2v) is 7.29. The van der Waals surface area contributed by atoms with Gasteiger partial charge in [0, 0.05) is 32.1 Å². The van der Waals surface area contributed by atoms with Gasteiger partial charge in [-0.1, -0.05) is 40.2 Å². The molecule has 2 aliphatic rings. The molecule has 0 bridgehead atoms. The first kappa shape index (κ1) is 23.7. The van der Waals surface area contributed by atoms with Crippen molar-refractivity contribution in [1.82, 2.24) is 15.1 Å². The Morgan fingerprint density at radius 2 is 1.87 bits per heavy atom. The lowest BCUT2D eigenvalue weighted by atomic mass is 10.1. The predicted octanol–water partition coefficient (Wildman–Crippen LogP) is 1.01. The third-order valence-electron chi connectivity index (χ3n) is 4.64. The van der Waals surface area contributed by atoms with Gasteiger partial charge in [-0.25, -0.2) is 9.59 Å². The highest BCUT2D eigenvalue weighted by Crippen LogP contribution is 2.13. The number of halogens is 1. The molecule has 2 rings (SSSR count). The minimum Gasteiger partial charge on any atom is -0.465 e. The molecule has 0 saturated carbocycles. The van der Waals surface area contributed by atoms with Gasteiger partial charge in [0.15, 0.2) is 0 Å². The van der Waals surface area contributed by atoms with Crippen LogP contribution >= 0.6 is 15.9 Å². The van der Waals surface area contributed by atoms with Crippen molar-refractivity contribution < 1.29 is 28.7 Å². The average molecular weight is 484 g/mol. The first-order valence-corrected chi connectivity index (χ1v) is 10.7. The van der Waals surface area contributed by atoms with Gasteiger partial charge in [-0.05, 0) is 12.5 Å². The van der Waals surface area contributed by atoms with E-state index in [1.54, 1.807) is 34.1 Å². The summed E-state index contributed by atoms with van der Waals surface area (Å²) in [5.74, 6) is -1.01. The largest absolute Gasteiger partial charge is 0.465 e. The van der Waals surface area contributed by atoms with Crippen LogP contribution in [0.25, 0.3) is 0 Å². The highest BCUT2D eigenvalue weighted by molar-refractivity contribution is 9.09. The van der Waals surface area contributed by atoms with E-state index >= 15 is 0 Å². The molecular weight excluding hydrogens is 458 g/mol. The Morgan fingerprint density at radius 3 is 2.60 bits per heavy atom. The molecule has 0 aromatic carbocycles. The Balaban J connectivity index is 1.78. The quantitative estimate of drug-likeness (QED) is 0.446. The van der Waals surface area contributed by atoms with Crippen LogP contribution < -0.4 is 5.32 Å². The summed E-state index contributed by atoms with van der Waals surface area (Å²) in [6.45, 7) is 1.83. The van der Waals surface area contributed by atoms with Gasteiger partial charge in [-0.3, -0.25) is 9.59 Å². The molecule has 0 aromatic heterocycles. The molecule has 1 saturated heterocycles. The van der Waals surface area contributed by atoms with Crippen LogP contribution in [0, 0.1) is 5.92 Å². The summed E-state index contributed by atoms with van der Waals surface area (Å²) in [6, 6.07) is 0. The molecule has 3 amide bonds. The van der Waals surface area contributed by atoms with E-state index in [2.05, 4.69) is 21.2 Å². The molecule has 30 heavy (non-hydrogen) atoms. The molecule has 10 heteroatoms. The number of hydrogen-bond donors (Lipinski definition) is 1. The molecule has 1 atom stereocenters. The maximum atomic E-state index is 12.4. The second-order valence-electron chi connectivity index (χ2n) is 6.73. The molecule has 0 spiro atoms. The number of nitrogens with zero attached hydrogens (tertiary/aromatic N) is 2. The number of alkyl halides is 1. The van der Waals surface area contributed by atoms with Crippen LogP contribution in [0.1, 0.15) is 6.42 Å². The zero-order chi connectivity index (χ0) is 21.9. The Morgan fingerprint density at radius 1 is 1.13 bits per heavy atom. The van der Waals surface area contributed by atoms with Gasteiger partial charge in [0.05, 0.1) is 24.6 Å². The number of esters is 1. The fourth-order valence-electron chi connectivity index (χ4n) is 2.96. The first-order chi connectivity index (χ1) is 14.4. The number of amides is 3. The lowest BCUT2D eigenvalue weighted by Gasteiger charge is -2.22. The molecule has 1 unspecified atom stereocenters. The van der Waals surface area contributed by atoms with Crippen molar-refractivity contribution in [2.24, 2.45) is 5.92 Å². The number of allylic oxidation sites excluding steroid dienone is 2. The van der Waals surface area contributed by atoms with E-state index in [0.717, 1.165) is 0 Å². The zero-order valence-electron chi connectivity index (χ0n) is 16.8. The molecule has 9 nitrogen and oxygen atoms in total. The summed E-state index contributed by atoms with van der Waals surface area (Å²) in [5, 5.41) is 2.68. The first-order valence-electron chi connectivity index (χ1n) is 9.61. The number of ether oxygens (including phenoxy) is 2. The number of nitrogens with one attached hydrogen (secondary N) is 1. The van der Waals surface area contributed by atoms with Crippen LogP contribution in [0.3, 0.4) is 0 Å². The second kappa shape index (κ2) is 12.2. The SMILES string of the molecule is COC(=O)C1=CC=CC(COC(=O)N2CCCN(C(=O)CNC(=O)CBr)CC2)C=C1. The lowest BCUT2D eigenvalue weighted by Crippen LogP contribution is -2.42. The van der Waals surface area contributed by atoms with Crippen molar-refractivity contribution in [2.45, 2.75) is 6.42 Å². The summed E-state index contributed by atoms with van der Waals surface area (Å²) in [6.07, 6.45) is 8.83. The van der Waals surface area contributed by atoms with Crippen LogP contribution in [0.5, 0.6) is 0 Å². The molecule has 1 aliphatic heterocycles. The number of carbonyl (C=O) groups is 4. The number of carbonyl (C=O) groups excluding carboxylic acids is 4. The standard InChI is InChI=1S/C20H26BrN3O6/c1-29-19(27)16-5-2-4-15(6-7-16)14-30-20(28)24-9-3-8-23(10-11-24)18(26)13-22-17(25)12-21/h2,4-7,15H,3,8-14H2,1H3,(H,22,25). The van der Waals surface area contributed by atoms with E-state index in [-0.39, 0.29) is 36.2 Å². The van der Waals surface area contributed by atoms with Crippen LogP contribution in [0.4, 0.5) is 4.79 Å². The molecule has 0 aromatic rings. The summed E-state index contributed by atoms with van der Waals surface area (Å²) < 4.78 is 10.1. The molecule has 1 heterocycles. The third-order valence-corrected chi connectivity index (χ3v) is 5.15. The van der Waals surface area contributed by atoms with E-state index < -0.39 is 12.1 Å². The Labute approximate surface area is 183 Å². The Bertz CT molecular complexity index is 749. The lowest BCUT2D eigenvalue weighted by molar-refractivity contribution is -0.135. The van der Waals surface area contributed by atoms with Gasteiger partial charge in [0.25, 0.3) is 0 Å². The van der Waals surface area contributed by atoms with Crippen molar-refractivity contribution in [3.63, 3.8) is 0 Å². The number of rotatable bonds is 6. The van der Waals surface area contributed by atoms with Crippen molar-refractivity contribution >= 4 is 39.8 Å². The van der Waals surface area contributed by atoms with Crippen LogP contribution in [-0.4, -0.2) is 85.4 Å². The highest BCUT2D eigenvalue weighted by atomic mass is 79.9. The zero-order valence-corrected chi connectivity index (χ0v) is 18.4. The molecule has 164 valence electrons. The predicted molar refractivity (Wildman–Crippen MR) is 113 cm³/mol. The highest BCUT2D eigenvalue weighted by Gasteiger charge is 2.23. The summed E-state index contributed by atoms with van der Waals surface area (Å²) in [4.78, 5) is 50.7. The summed E-state index contributed by atoms with van der Waals surface area (Å²) >= 11 is 3.03. The van der Waals surface area contributed by atoms with E-state index in [1.165, 1.54) is 7.11 Å². The van der Waals surface area contributed by atoms with Gasteiger partial charge in [-0.2, -0.15) is 0 Å². The van der Waals surface area contributed by atoms with E-state index in [4.69, 9.17) is 9.47 Å². The maximum absolute atomic E-state index is 12.4. The number of methoxy groups -OCH3 is 1. The van der Waals surface area contributed by atoms with Crippen molar-refractivity contribution in [3.05, 3.63) is 36.0 Å². The normalized spacial score (nSPS) is 18.7. The molecule has 1 N–H and O–H groups in total. The van der Waals surface area contributed by atoms with Crippen LogP contribution in [-0.2, 0) is 23.9 Å². The molecule has 1 aliphatic carbocycles. The fourth-order valence-corrected chi connectivity index (χ4v) is 3.15. The maximum Gasteiger partial charge on any atom is 0.409 e. The van der Waals surface area contributed by atoms with Crippen molar-refractivity contribution in [3.8, 4) is 0 Å².